The first-order valence-electron chi connectivity index (χ1n) is 8.45. The Kier molecular flexibility index (Phi) is 6.60. The van der Waals surface area contributed by atoms with E-state index in [0.717, 1.165) is 6.42 Å². The summed E-state index contributed by atoms with van der Waals surface area (Å²) in [7, 11) is 0. The zero-order valence-electron chi connectivity index (χ0n) is 15.0. The van der Waals surface area contributed by atoms with Gasteiger partial charge < -0.3 is 5.32 Å². The topological polar surface area (TPSA) is 59.1 Å². The van der Waals surface area contributed by atoms with Gasteiger partial charge in [0, 0.05) is 16.8 Å². The number of halogens is 4. The standard InChI is InChI=1S/C19H14ClF3N2O2S2/c1-2-8-28-18-15(16(26)11-4-3-7-24-14(11)17(18)27)25-10-5-6-12(20)13(9-10)29-19(21,22)23/h3-7,9,25H,2,8H2,1H3. The molecule has 1 heterocycles. The predicted octanol–water partition coefficient (Wildman–Crippen LogP) is 6.19. The number of aromatic nitrogens is 1. The minimum Gasteiger partial charge on any atom is -0.351 e. The minimum atomic E-state index is -4.51. The van der Waals surface area contributed by atoms with Crippen molar-refractivity contribution in [3.8, 4) is 0 Å². The molecule has 4 nitrogen and oxygen atoms in total. The second-order valence-electron chi connectivity index (χ2n) is 5.93. The number of Topliss-reactive ketones (excluding diaryl/α,β-unsaturated/α-hetero) is 2. The molecule has 0 bridgehead atoms. The number of pyridine rings is 1. The van der Waals surface area contributed by atoms with Crippen molar-refractivity contribution in [2.24, 2.45) is 0 Å². The van der Waals surface area contributed by atoms with E-state index in [9.17, 15) is 22.8 Å². The lowest BCUT2D eigenvalue weighted by Crippen LogP contribution is -2.26. The van der Waals surface area contributed by atoms with E-state index in [1.165, 1.54) is 42.2 Å². The van der Waals surface area contributed by atoms with Gasteiger partial charge in [0.05, 0.1) is 15.5 Å². The number of carbonyl (C=O) groups is 2. The monoisotopic (exact) mass is 458 g/mol. The molecule has 0 spiro atoms. The van der Waals surface area contributed by atoms with Gasteiger partial charge in [0.2, 0.25) is 11.6 Å². The second-order valence-corrected chi connectivity index (χ2v) is 8.55. The van der Waals surface area contributed by atoms with Gasteiger partial charge in [-0.1, -0.05) is 18.5 Å². The molecule has 152 valence electrons. The molecule has 1 aromatic heterocycles. The quantitative estimate of drug-likeness (QED) is 0.520. The van der Waals surface area contributed by atoms with Crippen LogP contribution in [0.1, 0.15) is 34.2 Å². The maximum absolute atomic E-state index is 13.0. The lowest BCUT2D eigenvalue weighted by Gasteiger charge is -2.21. The zero-order valence-corrected chi connectivity index (χ0v) is 17.4. The summed E-state index contributed by atoms with van der Waals surface area (Å²) >= 11 is 6.73. The molecule has 29 heavy (non-hydrogen) atoms. The summed E-state index contributed by atoms with van der Waals surface area (Å²) in [4.78, 5) is 29.9. The van der Waals surface area contributed by atoms with Crippen LogP contribution in [0.2, 0.25) is 5.02 Å². The number of fused-ring (bicyclic) bond motifs is 1. The third-order valence-corrected chi connectivity index (χ3v) is 6.33. The summed E-state index contributed by atoms with van der Waals surface area (Å²) < 4.78 is 38.3. The maximum Gasteiger partial charge on any atom is 0.446 e. The van der Waals surface area contributed by atoms with Crippen molar-refractivity contribution in [2.45, 2.75) is 23.7 Å². The molecule has 0 aliphatic heterocycles. The first-order valence-corrected chi connectivity index (χ1v) is 10.6. The molecule has 0 unspecified atom stereocenters. The van der Waals surface area contributed by atoms with Crippen LogP contribution in [0.3, 0.4) is 0 Å². The number of benzene rings is 1. The zero-order chi connectivity index (χ0) is 21.2. The normalized spacial score (nSPS) is 14.2. The number of nitrogens with one attached hydrogen (secondary N) is 1. The van der Waals surface area contributed by atoms with Crippen LogP contribution >= 0.6 is 35.1 Å². The Bertz CT molecular complexity index is 1010. The highest BCUT2D eigenvalue weighted by molar-refractivity contribution is 8.04. The van der Waals surface area contributed by atoms with Crippen LogP contribution < -0.4 is 5.32 Å². The highest BCUT2D eigenvalue weighted by atomic mass is 35.5. The number of allylic oxidation sites excluding steroid dienone is 2. The van der Waals surface area contributed by atoms with Crippen molar-refractivity contribution >= 4 is 52.4 Å². The van der Waals surface area contributed by atoms with Crippen LogP contribution in [0.15, 0.2) is 52.0 Å². The Morgan fingerprint density at radius 2 is 1.93 bits per heavy atom. The SMILES string of the molecule is CCCSC1=C(Nc2ccc(Cl)c(SC(F)(F)F)c2)C(=O)c2cccnc2C1=O. The minimum absolute atomic E-state index is 0.0271. The van der Waals surface area contributed by atoms with Crippen LogP contribution in [-0.2, 0) is 0 Å². The molecule has 0 atom stereocenters. The van der Waals surface area contributed by atoms with E-state index in [4.69, 9.17) is 11.6 Å². The third-order valence-electron chi connectivity index (χ3n) is 3.80. The number of thioether (sulfide) groups is 2. The summed E-state index contributed by atoms with van der Waals surface area (Å²) in [5, 5.41) is 2.77. The van der Waals surface area contributed by atoms with E-state index >= 15 is 0 Å². The highest BCUT2D eigenvalue weighted by Gasteiger charge is 2.34. The Morgan fingerprint density at radius 3 is 2.62 bits per heavy atom. The van der Waals surface area contributed by atoms with Crippen molar-refractivity contribution in [1.82, 2.24) is 4.98 Å². The van der Waals surface area contributed by atoms with Crippen LogP contribution in [-0.4, -0.2) is 27.8 Å². The number of rotatable bonds is 6. The molecule has 3 rings (SSSR count). The van der Waals surface area contributed by atoms with E-state index < -0.39 is 11.3 Å². The van der Waals surface area contributed by atoms with E-state index in [-0.39, 0.29) is 55.0 Å². The average Bonchev–Trinajstić information content (AvgIpc) is 2.67. The van der Waals surface area contributed by atoms with Crippen LogP contribution in [0.25, 0.3) is 0 Å². The number of hydrogen-bond donors (Lipinski definition) is 1. The number of alkyl halides is 3. The van der Waals surface area contributed by atoms with E-state index in [1.54, 1.807) is 6.07 Å². The Labute approximate surface area is 178 Å². The summed E-state index contributed by atoms with van der Waals surface area (Å²) in [6.07, 6.45) is 2.20. The molecule has 0 saturated heterocycles. The molecule has 1 aromatic carbocycles. The van der Waals surface area contributed by atoms with Gasteiger partial charge in [-0.3, -0.25) is 14.6 Å². The van der Waals surface area contributed by atoms with Crippen LogP contribution in [0, 0.1) is 0 Å². The van der Waals surface area contributed by atoms with Crippen molar-refractivity contribution in [1.29, 1.82) is 0 Å². The molecule has 2 aromatic rings. The van der Waals surface area contributed by atoms with Gasteiger partial charge in [0.15, 0.2) is 0 Å². The fourth-order valence-corrected chi connectivity index (χ4v) is 4.37. The number of ketones is 2. The van der Waals surface area contributed by atoms with E-state index in [2.05, 4.69) is 10.3 Å². The maximum atomic E-state index is 13.0. The molecular weight excluding hydrogens is 445 g/mol. The fraction of sp³-hybridized carbons (Fsp3) is 0.211. The van der Waals surface area contributed by atoms with Gasteiger partial charge >= 0.3 is 5.51 Å². The van der Waals surface area contributed by atoms with E-state index in [1.807, 2.05) is 6.92 Å². The number of carbonyl (C=O) groups excluding carboxylic acids is 2. The fourth-order valence-electron chi connectivity index (χ4n) is 2.61. The van der Waals surface area contributed by atoms with Crippen LogP contribution in [0.5, 0.6) is 0 Å². The predicted molar refractivity (Wildman–Crippen MR) is 110 cm³/mol. The summed E-state index contributed by atoms with van der Waals surface area (Å²) in [6, 6.07) is 7.01. The average molecular weight is 459 g/mol. The molecule has 10 heteroatoms. The molecule has 0 radical (unpaired) electrons. The molecular formula is C19H14ClF3N2O2S2. The van der Waals surface area contributed by atoms with Gasteiger partial charge in [-0.2, -0.15) is 13.2 Å². The molecule has 1 N–H and O–H groups in total. The lowest BCUT2D eigenvalue weighted by atomic mass is 9.96. The van der Waals surface area contributed by atoms with Gasteiger partial charge in [0.25, 0.3) is 0 Å². The second kappa shape index (κ2) is 8.81. The van der Waals surface area contributed by atoms with Gasteiger partial charge in [-0.25, -0.2) is 0 Å². The van der Waals surface area contributed by atoms with Crippen molar-refractivity contribution in [2.75, 3.05) is 11.1 Å². The Hall–Kier alpha value is -1.97. The largest absolute Gasteiger partial charge is 0.446 e. The third kappa shape index (κ3) is 4.96. The van der Waals surface area contributed by atoms with Gasteiger partial charge in [0.1, 0.15) is 11.4 Å². The van der Waals surface area contributed by atoms with Crippen molar-refractivity contribution in [3.63, 3.8) is 0 Å². The Morgan fingerprint density at radius 1 is 1.17 bits per heavy atom. The molecule has 1 aliphatic rings. The summed E-state index contributed by atoms with van der Waals surface area (Å²) in [5.74, 6) is -0.233. The summed E-state index contributed by atoms with van der Waals surface area (Å²) in [5.41, 5.74) is -4.03. The first kappa shape index (κ1) is 21.7. The van der Waals surface area contributed by atoms with E-state index in [0.29, 0.717) is 5.75 Å². The summed E-state index contributed by atoms with van der Waals surface area (Å²) in [6.45, 7) is 1.93. The number of hydrogen-bond acceptors (Lipinski definition) is 6. The van der Waals surface area contributed by atoms with Crippen LogP contribution in [0.4, 0.5) is 18.9 Å². The van der Waals surface area contributed by atoms with Crippen molar-refractivity contribution < 1.29 is 22.8 Å². The lowest BCUT2D eigenvalue weighted by molar-refractivity contribution is -0.0328. The van der Waals surface area contributed by atoms with Gasteiger partial charge in [-0.05, 0) is 54.3 Å². The number of nitrogens with zero attached hydrogens (tertiary/aromatic N) is 1. The first-order chi connectivity index (χ1) is 13.7. The molecule has 1 aliphatic carbocycles. The molecule has 0 fully saturated rings. The highest BCUT2D eigenvalue weighted by Crippen LogP contribution is 2.42. The van der Waals surface area contributed by atoms with Gasteiger partial charge in [-0.15, -0.1) is 11.8 Å². The Balaban J connectivity index is 2.02. The molecule has 0 saturated carbocycles. The molecule has 0 amide bonds. The smallest absolute Gasteiger partial charge is 0.351 e. The number of anilines is 1. The van der Waals surface area contributed by atoms with Crippen molar-refractivity contribution in [3.05, 3.63) is 63.4 Å².